The summed E-state index contributed by atoms with van der Waals surface area (Å²) in [5.41, 5.74) is 4.56. The van der Waals surface area contributed by atoms with Crippen molar-refractivity contribution in [3.8, 4) is 11.1 Å². The number of carbonyl (C=O) groups is 1. The first-order valence-electron chi connectivity index (χ1n) is 13.1. The Kier molecular flexibility index (Phi) is 7.58. The zero-order chi connectivity index (χ0) is 27.7. The first-order valence-corrected chi connectivity index (χ1v) is 16.5. The molecular weight excluding hydrogens is 565 g/mol. The lowest BCUT2D eigenvalue weighted by Gasteiger charge is -2.22. The molecular formula is C28H28N6O3S3. The van der Waals surface area contributed by atoms with Gasteiger partial charge in [0.1, 0.15) is 11.2 Å². The monoisotopic (exact) mass is 592 g/mol. The number of nitrogens with zero attached hydrogens (tertiary/aromatic N) is 4. The maximum atomic E-state index is 12.7. The topological polar surface area (TPSA) is 118 Å². The van der Waals surface area contributed by atoms with Gasteiger partial charge in [-0.3, -0.25) is 9.20 Å². The van der Waals surface area contributed by atoms with Crippen molar-refractivity contribution in [2.45, 2.75) is 55.1 Å². The Morgan fingerprint density at radius 2 is 1.80 bits per heavy atom. The molecule has 2 aromatic carbocycles. The number of aryl methyl sites for hydroxylation is 1. The summed E-state index contributed by atoms with van der Waals surface area (Å²) >= 11 is 2.82. The predicted octanol–water partition coefficient (Wildman–Crippen LogP) is 5.66. The molecule has 40 heavy (non-hydrogen) atoms. The lowest BCUT2D eigenvalue weighted by atomic mass is 9.96. The highest BCUT2D eigenvalue weighted by molar-refractivity contribution is 7.99. The Morgan fingerprint density at radius 1 is 1.05 bits per heavy atom. The third-order valence-corrected chi connectivity index (χ3v) is 10.4. The van der Waals surface area contributed by atoms with E-state index in [4.69, 9.17) is 0 Å². The van der Waals surface area contributed by atoms with E-state index in [1.807, 2.05) is 4.40 Å². The number of benzene rings is 2. The van der Waals surface area contributed by atoms with Crippen LogP contribution >= 0.6 is 23.1 Å². The lowest BCUT2D eigenvalue weighted by molar-refractivity contribution is -0.113. The van der Waals surface area contributed by atoms with Gasteiger partial charge < -0.3 is 5.32 Å². The maximum Gasteiger partial charge on any atom is 0.240 e. The van der Waals surface area contributed by atoms with E-state index in [9.17, 15) is 13.2 Å². The summed E-state index contributed by atoms with van der Waals surface area (Å²) in [6, 6.07) is 14.6. The van der Waals surface area contributed by atoms with Crippen LogP contribution in [0.5, 0.6) is 0 Å². The molecule has 1 amide bonds. The van der Waals surface area contributed by atoms with Gasteiger partial charge in [-0.05, 0) is 49.6 Å². The normalized spacial score (nSPS) is 14.6. The summed E-state index contributed by atoms with van der Waals surface area (Å²) in [5, 5.41) is 15.2. The van der Waals surface area contributed by atoms with E-state index in [0.717, 1.165) is 53.4 Å². The molecule has 1 saturated carbocycles. The average Bonchev–Trinajstić information content (AvgIpc) is 3.57. The summed E-state index contributed by atoms with van der Waals surface area (Å²) in [4.78, 5) is 18.4. The summed E-state index contributed by atoms with van der Waals surface area (Å²) < 4.78 is 30.1. The fraction of sp³-hybridized carbons (Fsp3) is 0.286. The van der Waals surface area contributed by atoms with Crippen molar-refractivity contribution in [2.75, 3.05) is 11.1 Å². The quantitative estimate of drug-likeness (QED) is 0.223. The summed E-state index contributed by atoms with van der Waals surface area (Å²) in [7, 11) is -3.59. The number of hydrogen-bond acceptors (Lipinski definition) is 8. The van der Waals surface area contributed by atoms with Crippen LogP contribution in [0.25, 0.3) is 27.0 Å². The molecule has 0 aliphatic heterocycles. The lowest BCUT2D eigenvalue weighted by Crippen LogP contribution is -2.36. The molecule has 3 aromatic heterocycles. The number of nitrogens with one attached hydrogen (secondary N) is 2. The van der Waals surface area contributed by atoms with Crippen molar-refractivity contribution in [1.82, 2.24) is 24.3 Å². The second-order valence-corrected chi connectivity index (χ2v) is 13.4. The molecule has 6 rings (SSSR count). The highest BCUT2D eigenvalue weighted by atomic mass is 32.2. The van der Waals surface area contributed by atoms with Gasteiger partial charge in [-0.15, -0.1) is 21.5 Å². The second kappa shape index (κ2) is 11.3. The fourth-order valence-electron chi connectivity index (χ4n) is 4.92. The molecule has 9 nitrogen and oxygen atoms in total. The molecule has 0 spiro atoms. The first-order chi connectivity index (χ1) is 19.4. The van der Waals surface area contributed by atoms with E-state index in [1.54, 1.807) is 29.8 Å². The zero-order valence-electron chi connectivity index (χ0n) is 21.8. The number of fused-ring (bicyclic) bond motifs is 3. The number of anilines is 1. The molecule has 3 heterocycles. The molecule has 1 aliphatic rings. The number of thiophene rings is 1. The molecule has 1 aliphatic carbocycles. The van der Waals surface area contributed by atoms with Gasteiger partial charge in [0.05, 0.1) is 16.0 Å². The average molecular weight is 593 g/mol. The number of aromatic nitrogens is 4. The van der Waals surface area contributed by atoms with E-state index in [-0.39, 0.29) is 22.6 Å². The minimum atomic E-state index is -3.59. The van der Waals surface area contributed by atoms with Crippen molar-refractivity contribution in [2.24, 2.45) is 0 Å². The van der Waals surface area contributed by atoms with E-state index in [2.05, 4.69) is 61.8 Å². The predicted molar refractivity (Wildman–Crippen MR) is 159 cm³/mol. The van der Waals surface area contributed by atoms with Crippen molar-refractivity contribution in [3.05, 3.63) is 65.8 Å². The largest absolute Gasteiger partial charge is 0.325 e. The Labute approximate surface area is 240 Å². The Bertz CT molecular complexity index is 1770. The Morgan fingerprint density at radius 3 is 2.55 bits per heavy atom. The van der Waals surface area contributed by atoms with Crippen molar-refractivity contribution >= 4 is 60.6 Å². The van der Waals surface area contributed by atoms with Gasteiger partial charge in [0.2, 0.25) is 15.9 Å². The van der Waals surface area contributed by atoms with Gasteiger partial charge in [-0.1, -0.05) is 60.9 Å². The van der Waals surface area contributed by atoms with Crippen molar-refractivity contribution < 1.29 is 13.2 Å². The third kappa shape index (κ3) is 5.62. The minimum absolute atomic E-state index is 0.0105. The molecule has 12 heteroatoms. The molecule has 1 fully saturated rings. The summed E-state index contributed by atoms with van der Waals surface area (Å²) in [6.45, 7) is 2.06. The summed E-state index contributed by atoms with van der Waals surface area (Å²) in [5.74, 6) is -0.126. The number of carbonyl (C=O) groups excluding carboxylic acids is 1. The van der Waals surface area contributed by atoms with Crippen LogP contribution in [0.15, 0.2) is 70.3 Å². The maximum absolute atomic E-state index is 12.7. The third-order valence-electron chi connectivity index (χ3n) is 7.02. The first kappa shape index (κ1) is 26.9. The molecule has 0 radical (unpaired) electrons. The van der Waals surface area contributed by atoms with Crippen LogP contribution in [0.4, 0.5) is 5.69 Å². The van der Waals surface area contributed by atoms with E-state index < -0.39 is 10.0 Å². The number of thioether (sulfide) groups is 1. The van der Waals surface area contributed by atoms with E-state index in [0.29, 0.717) is 16.5 Å². The smallest absolute Gasteiger partial charge is 0.240 e. The fourth-order valence-corrected chi connectivity index (χ4v) is 7.84. The Hall–Kier alpha value is -3.32. The Balaban J connectivity index is 1.12. The van der Waals surface area contributed by atoms with Crippen LogP contribution in [-0.2, 0) is 14.8 Å². The zero-order valence-corrected chi connectivity index (χ0v) is 24.3. The van der Waals surface area contributed by atoms with Gasteiger partial charge in [-0.25, -0.2) is 18.1 Å². The number of sulfonamides is 1. The minimum Gasteiger partial charge on any atom is -0.325 e. The SMILES string of the molecule is Cc1ccc(-c2csc3ncn4c(SCC(=O)Nc5ccc(S(=O)(=O)NC6CCCCC6)cc5)nnc4c23)cc1. The second-order valence-electron chi connectivity index (χ2n) is 9.93. The molecule has 0 bridgehead atoms. The highest BCUT2D eigenvalue weighted by Crippen LogP contribution is 2.36. The van der Waals surface area contributed by atoms with Crippen molar-refractivity contribution in [1.29, 1.82) is 0 Å². The van der Waals surface area contributed by atoms with Gasteiger partial charge >= 0.3 is 0 Å². The standard InChI is InChI=1S/C28H28N6O3S3/c1-18-7-9-19(10-8-18)23-15-38-27-25(23)26-31-32-28(34(26)17-29-27)39-16-24(35)30-20-11-13-22(14-12-20)40(36,37)33-21-5-3-2-4-6-21/h7-15,17,21,33H,2-6,16H2,1H3,(H,30,35). The van der Waals surface area contributed by atoms with Crippen LogP contribution in [0.2, 0.25) is 0 Å². The van der Waals surface area contributed by atoms with Gasteiger partial charge in [0.15, 0.2) is 10.8 Å². The van der Waals surface area contributed by atoms with Crippen LogP contribution < -0.4 is 10.0 Å². The van der Waals surface area contributed by atoms with Crippen molar-refractivity contribution in [3.63, 3.8) is 0 Å². The highest BCUT2D eigenvalue weighted by Gasteiger charge is 2.22. The number of amides is 1. The molecule has 0 saturated heterocycles. The molecule has 0 unspecified atom stereocenters. The summed E-state index contributed by atoms with van der Waals surface area (Å²) in [6.07, 6.45) is 6.67. The van der Waals surface area contributed by atoms with Crippen LogP contribution in [-0.4, -0.2) is 45.7 Å². The molecule has 206 valence electrons. The van der Waals surface area contributed by atoms with E-state index >= 15 is 0 Å². The van der Waals surface area contributed by atoms with E-state index in [1.165, 1.54) is 29.5 Å². The van der Waals surface area contributed by atoms with Gasteiger partial charge in [0.25, 0.3) is 0 Å². The molecule has 0 atom stereocenters. The van der Waals surface area contributed by atoms with Gasteiger partial charge in [-0.2, -0.15) is 0 Å². The number of rotatable bonds is 8. The van der Waals surface area contributed by atoms with Crippen LogP contribution in [0, 0.1) is 6.92 Å². The molecule has 5 aromatic rings. The van der Waals surface area contributed by atoms with Crippen LogP contribution in [0.1, 0.15) is 37.7 Å². The van der Waals surface area contributed by atoms with Gasteiger partial charge in [0, 0.05) is 22.7 Å². The molecule has 2 N–H and O–H groups in total. The number of hydrogen-bond donors (Lipinski definition) is 2. The van der Waals surface area contributed by atoms with Crippen LogP contribution in [0.3, 0.4) is 0 Å².